The molecule has 3 rings (SSSR count). The predicted molar refractivity (Wildman–Crippen MR) is 109 cm³/mol. The Morgan fingerprint density at radius 3 is 2.11 bits per heavy atom. The maximum atomic E-state index is 12.6. The molecular weight excluding hydrogens is 350 g/mol. The fourth-order valence-electron chi connectivity index (χ4n) is 2.56. The molecule has 0 aliphatic rings. The fraction of sp³-hybridized carbons (Fsp3) is 0.0833. The second-order valence-corrected chi connectivity index (χ2v) is 6.35. The number of amides is 1. The van der Waals surface area contributed by atoms with Crippen LogP contribution in [0.5, 0.6) is 0 Å². The topological polar surface area (TPSA) is 55.4 Å². The molecule has 0 unspecified atom stereocenters. The van der Waals surface area contributed by atoms with E-state index in [1.54, 1.807) is 30.3 Å². The van der Waals surface area contributed by atoms with E-state index in [1.165, 1.54) is 0 Å². The molecule has 140 valence electrons. The number of rotatable bonds is 6. The van der Waals surface area contributed by atoms with Crippen LogP contribution in [0, 0.1) is 6.92 Å². The molecule has 0 spiro atoms. The van der Waals surface area contributed by atoms with Gasteiger partial charge in [0.25, 0.3) is 5.91 Å². The summed E-state index contributed by atoms with van der Waals surface area (Å²) < 4.78 is 5.40. The molecule has 1 N–H and O–H groups in total. The van der Waals surface area contributed by atoms with Crippen LogP contribution in [0.2, 0.25) is 0 Å². The van der Waals surface area contributed by atoms with Gasteiger partial charge in [0, 0.05) is 5.56 Å². The summed E-state index contributed by atoms with van der Waals surface area (Å²) in [6.45, 7) is 2.12. The molecule has 1 amide bonds. The summed E-state index contributed by atoms with van der Waals surface area (Å²) >= 11 is 0. The zero-order valence-electron chi connectivity index (χ0n) is 15.6. The maximum absolute atomic E-state index is 12.6. The zero-order chi connectivity index (χ0) is 19.8. The molecule has 0 heterocycles. The number of aryl methyl sites for hydroxylation is 1. The molecule has 4 heteroatoms. The summed E-state index contributed by atoms with van der Waals surface area (Å²) in [7, 11) is 0. The van der Waals surface area contributed by atoms with Crippen LogP contribution < -0.4 is 5.32 Å². The highest BCUT2D eigenvalue weighted by Gasteiger charge is 2.16. The average Bonchev–Trinajstić information content (AvgIpc) is 2.74. The Balaban J connectivity index is 1.80. The molecule has 0 aliphatic carbocycles. The first kappa shape index (κ1) is 19.1. The molecule has 28 heavy (non-hydrogen) atoms. The van der Waals surface area contributed by atoms with Gasteiger partial charge < -0.3 is 10.1 Å². The van der Waals surface area contributed by atoms with E-state index in [9.17, 15) is 9.59 Å². The van der Waals surface area contributed by atoms with Crippen LogP contribution in [0.15, 0.2) is 90.6 Å². The van der Waals surface area contributed by atoms with Gasteiger partial charge in [-0.05, 0) is 36.3 Å². The number of carbonyl (C=O) groups is 2. The third kappa shape index (κ3) is 5.42. The van der Waals surface area contributed by atoms with E-state index >= 15 is 0 Å². The molecule has 4 nitrogen and oxygen atoms in total. The molecule has 0 atom stereocenters. The van der Waals surface area contributed by atoms with Crippen LogP contribution in [0.4, 0.5) is 0 Å². The monoisotopic (exact) mass is 371 g/mol. The van der Waals surface area contributed by atoms with Gasteiger partial charge in [-0.1, -0.05) is 78.4 Å². The Bertz CT molecular complexity index is 962. The molecule has 0 fully saturated rings. The van der Waals surface area contributed by atoms with Crippen molar-refractivity contribution in [2.45, 2.75) is 13.5 Å². The molecule has 0 saturated carbocycles. The van der Waals surface area contributed by atoms with Crippen molar-refractivity contribution in [2.75, 3.05) is 0 Å². The number of hydrogen-bond donors (Lipinski definition) is 1. The van der Waals surface area contributed by atoms with Gasteiger partial charge in [0.1, 0.15) is 12.3 Å². The van der Waals surface area contributed by atoms with Gasteiger partial charge in [-0.2, -0.15) is 0 Å². The van der Waals surface area contributed by atoms with E-state index < -0.39 is 5.97 Å². The molecular formula is C24H21NO3. The van der Waals surface area contributed by atoms with Crippen molar-refractivity contribution in [3.05, 3.63) is 113 Å². The van der Waals surface area contributed by atoms with Crippen molar-refractivity contribution < 1.29 is 14.3 Å². The summed E-state index contributed by atoms with van der Waals surface area (Å²) in [5, 5.41) is 2.68. The van der Waals surface area contributed by atoms with Crippen LogP contribution in [0.3, 0.4) is 0 Å². The van der Waals surface area contributed by atoms with Gasteiger partial charge in [0.05, 0.1) is 0 Å². The van der Waals surface area contributed by atoms with E-state index in [2.05, 4.69) is 5.32 Å². The predicted octanol–water partition coefficient (Wildman–Crippen LogP) is 4.51. The smallest absolute Gasteiger partial charge is 0.355 e. The molecule has 0 aromatic heterocycles. The summed E-state index contributed by atoms with van der Waals surface area (Å²) in [4.78, 5) is 25.2. The van der Waals surface area contributed by atoms with E-state index in [1.807, 2.05) is 67.6 Å². The molecule has 0 aliphatic heterocycles. The van der Waals surface area contributed by atoms with Crippen LogP contribution >= 0.6 is 0 Å². The van der Waals surface area contributed by atoms with Gasteiger partial charge >= 0.3 is 5.97 Å². The lowest BCUT2D eigenvalue weighted by Crippen LogP contribution is -2.28. The van der Waals surface area contributed by atoms with Gasteiger partial charge in [-0.25, -0.2) is 4.79 Å². The Labute approximate surface area is 164 Å². The highest BCUT2D eigenvalue weighted by atomic mass is 16.5. The largest absolute Gasteiger partial charge is 0.456 e. The minimum atomic E-state index is -0.589. The average molecular weight is 371 g/mol. The Hall–Kier alpha value is -3.66. The Morgan fingerprint density at radius 1 is 0.857 bits per heavy atom. The Morgan fingerprint density at radius 2 is 1.46 bits per heavy atom. The van der Waals surface area contributed by atoms with Crippen LogP contribution in [0.25, 0.3) is 6.08 Å². The van der Waals surface area contributed by atoms with Crippen molar-refractivity contribution in [2.24, 2.45) is 0 Å². The quantitative estimate of drug-likeness (QED) is 0.512. The SMILES string of the molecule is Cc1ccc(C=C(NC(=O)c2ccccc2)C(=O)OCc2ccccc2)cc1. The van der Waals surface area contributed by atoms with Gasteiger partial charge in [0.15, 0.2) is 0 Å². The Kier molecular flexibility index (Phi) is 6.37. The van der Waals surface area contributed by atoms with E-state index in [0.29, 0.717) is 5.56 Å². The van der Waals surface area contributed by atoms with Crippen molar-refractivity contribution >= 4 is 18.0 Å². The van der Waals surface area contributed by atoms with Crippen molar-refractivity contribution in [1.82, 2.24) is 5.32 Å². The standard InChI is InChI=1S/C24H21NO3/c1-18-12-14-19(15-13-18)16-22(25-23(26)21-10-6-3-7-11-21)24(27)28-17-20-8-4-2-5-9-20/h2-16H,17H2,1H3,(H,25,26). The van der Waals surface area contributed by atoms with E-state index in [-0.39, 0.29) is 18.2 Å². The third-order valence-electron chi connectivity index (χ3n) is 4.11. The van der Waals surface area contributed by atoms with Crippen LogP contribution in [-0.4, -0.2) is 11.9 Å². The number of nitrogens with one attached hydrogen (secondary N) is 1. The summed E-state index contributed by atoms with van der Waals surface area (Å²) in [5.74, 6) is -0.954. The van der Waals surface area contributed by atoms with Gasteiger partial charge in [-0.3, -0.25) is 4.79 Å². The second-order valence-electron chi connectivity index (χ2n) is 6.35. The van der Waals surface area contributed by atoms with Crippen molar-refractivity contribution in [3.63, 3.8) is 0 Å². The number of hydrogen-bond acceptors (Lipinski definition) is 3. The molecule has 0 radical (unpaired) electrons. The minimum absolute atomic E-state index is 0.0913. The lowest BCUT2D eigenvalue weighted by Gasteiger charge is -2.11. The molecule has 3 aromatic carbocycles. The highest BCUT2D eigenvalue weighted by Crippen LogP contribution is 2.11. The van der Waals surface area contributed by atoms with Crippen molar-refractivity contribution in [1.29, 1.82) is 0 Å². The second kappa shape index (κ2) is 9.33. The summed E-state index contributed by atoms with van der Waals surface area (Å²) in [6.07, 6.45) is 1.62. The summed E-state index contributed by atoms with van der Waals surface area (Å²) in [6, 6.07) is 25.8. The summed E-state index contributed by atoms with van der Waals surface area (Å²) in [5.41, 5.74) is 3.34. The van der Waals surface area contributed by atoms with Crippen LogP contribution in [0.1, 0.15) is 27.0 Å². The first-order valence-electron chi connectivity index (χ1n) is 8.97. The maximum Gasteiger partial charge on any atom is 0.355 e. The number of carbonyl (C=O) groups excluding carboxylic acids is 2. The minimum Gasteiger partial charge on any atom is -0.456 e. The first-order chi connectivity index (χ1) is 13.6. The number of benzene rings is 3. The molecule has 0 bridgehead atoms. The van der Waals surface area contributed by atoms with Gasteiger partial charge in [0.2, 0.25) is 0 Å². The highest BCUT2D eigenvalue weighted by molar-refractivity contribution is 6.03. The molecule has 3 aromatic rings. The lowest BCUT2D eigenvalue weighted by atomic mass is 10.1. The lowest BCUT2D eigenvalue weighted by molar-refractivity contribution is -0.140. The van der Waals surface area contributed by atoms with E-state index in [4.69, 9.17) is 4.74 Å². The molecule has 0 saturated heterocycles. The zero-order valence-corrected chi connectivity index (χ0v) is 15.6. The van der Waals surface area contributed by atoms with Crippen molar-refractivity contribution in [3.8, 4) is 0 Å². The normalized spacial score (nSPS) is 11.0. The van der Waals surface area contributed by atoms with Gasteiger partial charge in [-0.15, -0.1) is 0 Å². The number of ether oxygens (including phenoxy) is 1. The van der Waals surface area contributed by atoms with Crippen LogP contribution in [-0.2, 0) is 16.1 Å². The third-order valence-corrected chi connectivity index (χ3v) is 4.11. The fourth-order valence-corrected chi connectivity index (χ4v) is 2.56. The number of esters is 1. The first-order valence-corrected chi connectivity index (χ1v) is 8.97. The van der Waals surface area contributed by atoms with E-state index in [0.717, 1.165) is 16.7 Å².